The third-order valence-corrected chi connectivity index (χ3v) is 5.93. The summed E-state index contributed by atoms with van der Waals surface area (Å²) in [7, 11) is 0. The molecule has 0 saturated heterocycles. The van der Waals surface area contributed by atoms with Crippen molar-refractivity contribution in [3.8, 4) is 0 Å². The van der Waals surface area contributed by atoms with Crippen LogP contribution in [0, 0.1) is 0 Å². The van der Waals surface area contributed by atoms with Crippen LogP contribution in [0.4, 0.5) is 0 Å². The van der Waals surface area contributed by atoms with E-state index in [1.165, 1.54) is 89.0 Å². The van der Waals surface area contributed by atoms with Crippen LogP contribution in [0.2, 0.25) is 0 Å². The molecule has 30 heavy (non-hydrogen) atoms. The molecule has 0 fully saturated rings. The summed E-state index contributed by atoms with van der Waals surface area (Å²) in [6.07, 6.45) is 20.0. The summed E-state index contributed by atoms with van der Waals surface area (Å²) in [5.41, 5.74) is 1.24. The highest BCUT2D eigenvalue weighted by Crippen LogP contribution is 2.13. The van der Waals surface area contributed by atoms with Crippen LogP contribution in [0.15, 0.2) is 30.3 Å². The zero-order valence-electron chi connectivity index (χ0n) is 19.6. The van der Waals surface area contributed by atoms with Crippen molar-refractivity contribution < 1.29 is 9.47 Å². The maximum atomic E-state index is 6.06. The lowest BCUT2D eigenvalue weighted by Gasteiger charge is -2.17. The zero-order chi connectivity index (χ0) is 21.5. The van der Waals surface area contributed by atoms with Crippen LogP contribution >= 0.6 is 11.6 Å². The van der Waals surface area contributed by atoms with Crippen molar-refractivity contribution in [2.75, 3.05) is 19.1 Å². The predicted molar refractivity (Wildman–Crippen MR) is 131 cm³/mol. The zero-order valence-corrected chi connectivity index (χ0v) is 20.3. The second-order valence-corrected chi connectivity index (χ2v) is 8.95. The van der Waals surface area contributed by atoms with Crippen LogP contribution in [0.5, 0.6) is 0 Å². The van der Waals surface area contributed by atoms with Gasteiger partial charge in [-0.1, -0.05) is 114 Å². The third kappa shape index (κ3) is 17.1. The molecule has 1 aromatic rings. The molecule has 1 unspecified atom stereocenters. The SMILES string of the molecule is CCCC(COCCCCCCCCCCCCCCCCl)OCc1ccccc1. The molecule has 0 heterocycles. The summed E-state index contributed by atoms with van der Waals surface area (Å²) in [6.45, 7) is 4.50. The number of benzene rings is 1. The lowest BCUT2D eigenvalue weighted by Crippen LogP contribution is -2.20. The molecule has 2 nitrogen and oxygen atoms in total. The summed E-state index contributed by atoms with van der Waals surface area (Å²) in [5, 5.41) is 0. The van der Waals surface area contributed by atoms with E-state index in [1.54, 1.807) is 0 Å². The fourth-order valence-electron chi connectivity index (χ4n) is 3.78. The molecule has 0 aliphatic carbocycles. The van der Waals surface area contributed by atoms with Crippen LogP contribution < -0.4 is 0 Å². The Morgan fingerprint density at radius 3 is 1.80 bits per heavy atom. The van der Waals surface area contributed by atoms with Gasteiger partial charge in [0.2, 0.25) is 0 Å². The summed E-state index contributed by atoms with van der Waals surface area (Å²) in [5.74, 6) is 0.828. The van der Waals surface area contributed by atoms with Gasteiger partial charge in [0.05, 0.1) is 19.3 Å². The van der Waals surface area contributed by atoms with Gasteiger partial charge in [0, 0.05) is 12.5 Å². The highest BCUT2D eigenvalue weighted by molar-refractivity contribution is 6.17. The van der Waals surface area contributed by atoms with E-state index in [9.17, 15) is 0 Å². The molecule has 0 saturated carbocycles. The Hall–Kier alpha value is -0.570. The molecule has 0 aliphatic rings. The van der Waals surface area contributed by atoms with E-state index in [0.29, 0.717) is 6.61 Å². The minimum Gasteiger partial charge on any atom is -0.379 e. The van der Waals surface area contributed by atoms with Crippen LogP contribution in [0.3, 0.4) is 0 Å². The number of unbranched alkanes of at least 4 members (excludes halogenated alkanes) is 12. The standard InChI is InChI=1S/C27H47ClO2/c1-2-19-27(30-24-26-20-15-14-16-21-26)25-29-23-18-13-11-9-7-5-3-4-6-8-10-12-17-22-28/h14-16,20-21,27H,2-13,17-19,22-25H2,1H3. The summed E-state index contributed by atoms with van der Waals surface area (Å²) in [4.78, 5) is 0. The smallest absolute Gasteiger partial charge is 0.0812 e. The van der Waals surface area contributed by atoms with Gasteiger partial charge in [0.15, 0.2) is 0 Å². The molecule has 1 rings (SSSR count). The molecular formula is C27H47ClO2. The fraction of sp³-hybridized carbons (Fsp3) is 0.778. The normalized spacial score (nSPS) is 12.3. The summed E-state index contributed by atoms with van der Waals surface area (Å²) < 4.78 is 12.0. The molecule has 1 aromatic carbocycles. The van der Waals surface area contributed by atoms with E-state index in [0.717, 1.165) is 31.9 Å². The first-order valence-electron chi connectivity index (χ1n) is 12.7. The first kappa shape index (κ1) is 27.5. The molecule has 0 aliphatic heterocycles. The molecule has 0 aromatic heterocycles. The van der Waals surface area contributed by atoms with Crippen molar-refractivity contribution in [1.29, 1.82) is 0 Å². The topological polar surface area (TPSA) is 18.5 Å². The van der Waals surface area contributed by atoms with Crippen LogP contribution in [0.25, 0.3) is 0 Å². The van der Waals surface area contributed by atoms with Gasteiger partial charge in [-0.2, -0.15) is 0 Å². The van der Waals surface area contributed by atoms with Gasteiger partial charge in [-0.3, -0.25) is 0 Å². The number of hydrogen-bond donors (Lipinski definition) is 0. The average molecular weight is 439 g/mol. The van der Waals surface area contributed by atoms with Gasteiger partial charge >= 0.3 is 0 Å². The maximum absolute atomic E-state index is 6.06. The largest absolute Gasteiger partial charge is 0.379 e. The maximum Gasteiger partial charge on any atom is 0.0812 e. The monoisotopic (exact) mass is 438 g/mol. The van der Waals surface area contributed by atoms with Gasteiger partial charge in [0.1, 0.15) is 0 Å². The molecule has 0 spiro atoms. The quantitative estimate of drug-likeness (QED) is 0.133. The molecular weight excluding hydrogens is 392 g/mol. The molecule has 3 heteroatoms. The lowest BCUT2D eigenvalue weighted by molar-refractivity contribution is -0.0295. The Morgan fingerprint density at radius 1 is 0.733 bits per heavy atom. The first-order chi connectivity index (χ1) is 14.9. The van der Waals surface area contributed by atoms with E-state index in [-0.39, 0.29) is 6.10 Å². The molecule has 0 radical (unpaired) electrons. The van der Waals surface area contributed by atoms with E-state index in [2.05, 4.69) is 31.2 Å². The number of hydrogen-bond acceptors (Lipinski definition) is 2. The summed E-state index contributed by atoms with van der Waals surface area (Å²) in [6, 6.07) is 10.4. The minimum atomic E-state index is 0.218. The Labute approximate surface area is 192 Å². The Balaban J connectivity index is 1.86. The Kier molecular flexibility index (Phi) is 19.8. The Bertz CT molecular complexity index is 451. The summed E-state index contributed by atoms with van der Waals surface area (Å²) >= 11 is 5.70. The lowest BCUT2D eigenvalue weighted by atomic mass is 10.0. The van der Waals surface area contributed by atoms with E-state index >= 15 is 0 Å². The minimum absolute atomic E-state index is 0.218. The number of rotatable bonds is 22. The van der Waals surface area contributed by atoms with Crippen LogP contribution in [-0.4, -0.2) is 25.2 Å². The first-order valence-corrected chi connectivity index (χ1v) is 13.2. The molecule has 1 atom stereocenters. The van der Waals surface area contributed by atoms with Gasteiger partial charge in [-0.25, -0.2) is 0 Å². The van der Waals surface area contributed by atoms with Crippen molar-refractivity contribution >= 4 is 11.6 Å². The van der Waals surface area contributed by atoms with Gasteiger partial charge in [0.25, 0.3) is 0 Å². The molecule has 174 valence electrons. The van der Waals surface area contributed by atoms with Crippen molar-refractivity contribution in [3.05, 3.63) is 35.9 Å². The third-order valence-electron chi connectivity index (χ3n) is 5.67. The van der Waals surface area contributed by atoms with Gasteiger partial charge in [-0.15, -0.1) is 11.6 Å². The van der Waals surface area contributed by atoms with Crippen molar-refractivity contribution in [2.24, 2.45) is 0 Å². The highest BCUT2D eigenvalue weighted by Gasteiger charge is 2.08. The highest BCUT2D eigenvalue weighted by atomic mass is 35.5. The molecule has 0 bridgehead atoms. The van der Waals surface area contributed by atoms with E-state index < -0.39 is 0 Å². The van der Waals surface area contributed by atoms with Crippen molar-refractivity contribution in [1.82, 2.24) is 0 Å². The van der Waals surface area contributed by atoms with Crippen molar-refractivity contribution in [3.63, 3.8) is 0 Å². The number of alkyl halides is 1. The van der Waals surface area contributed by atoms with E-state index in [4.69, 9.17) is 21.1 Å². The van der Waals surface area contributed by atoms with Gasteiger partial charge < -0.3 is 9.47 Å². The fourth-order valence-corrected chi connectivity index (χ4v) is 3.97. The number of ether oxygens (including phenoxy) is 2. The van der Waals surface area contributed by atoms with E-state index in [1.807, 2.05) is 6.07 Å². The van der Waals surface area contributed by atoms with Crippen LogP contribution in [0.1, 0.15) is 109 Å². The van der Waals surface area contributed by atoms with Crippen molar-refractivity contribution in [2.45, 2.75) is 116 Å². The average Bonchev–Trinajstić information content (AvgIpc) is 2.77. The number of halogens is 1. The Morgan fingerprint density at radius 2 is 1.27 bits per heavy atom. The molecule has 0 amide bonds. The van der Waals surface area contributed by atoms with Gasteiger partial charge in [-0.05, 0) is 24.8 Å². The molecule has 0 N–H and O–H groups in total. The second-order valence-electron chi connectivity index (χ2n) is 8.57. The van der Waals surface area contributed by atoms with Crippen LogP contribution in [-0.2, 0) is 16.1 Å². The predicted octanol–water partition coefficient (Wildman–Crippen LogP) is 8.70. The second kappa shape index (κ2) is 21.7.